The number of aromatic nitrogens is 3. The van der Waals surface area contributed by atoms with Gasteiger partial charge in [0.25, 0.3) is 10.0 Å². The predicted octanol–water partition coefficient (Wildman–Crippen LogP) is 2.04. The lowest BCUT2D eigenvalue weighted by Gasteiger charge is -2.08. The molecule has 6 nitrogen and oxygen atoms in total. The van der Waals surface area contributed by atoms with E-state index in [9.17, 15) is 17.2 Å². The van der Waals surface area contributed by atoms with Gasteiger partial charge in [0, 0.05) is 17.6 Å². The van der Waals surface area contributed by atoms with Crippen molar-refractivity contribution in [1.82, 2.24) is 15.2 Å². The molecule has 1 aromatic carbocycles. The van der Waals surface area contributed by atoms with Crippen LogP contribution in [0, 0.1) is 11.6 Å². The van der Waals surface area contributed by atoms with E-state index in [-0.39, 0.29) is 10.6 Å². The molecule has 0 bridgehead atoms. The number of aromatic amines is 1. The number of hydrogen-bond acceptors (Lipinski definition) is 4. The highest BCUT2D eigenvalue weighted by atomic mass is 32.2. The number of rotatable bonds is 3. The van der Waals surface area contributed by atoms with Crippen LogP contribution in [-0.4, -0.2) is 23.6 Å². The summed E-state index contributed by atoms with van der Waals surface area (Å²) in [5.41, 5.74) is 0.227. The van der Waals surface area contributed by atoms with Gasteiger partial charge < -0.3 is 0 Å². The summed E-state index contributed by atoms with van der Waals surface area (Å²) in [6, 6.07) is 3.76. The fraction of sp³-hybridized carbons (Fsp3) is 0. The van der Waals surface area contributed by atoms with Crippen molar-refractivity contribution in [3.05, 3.63) is 48.3 Å². The molecule has 108 valence electrons. The normalized spacial score (nSPS) is 11.7. The average Bonchev–Trinajstić information content (AvgIpc) is 2.83. The fourth-order valence-electron chi connectivity index (χ4n) is 1.79. The van der Waals surface area contributed by atoms with E-state index in [1.165, 1.54) is 12.3 Å². The minimum absolute atomic E-state index is 0.138. The van der Waals surface area contributed by atoms with Crippen LogP contribution in [0.5, 0.6) is 0 Å². The minimum Gasteiger partial charge on any atom is -0.279 e. The lowest BCUT2D eigenvalue weighted by Crippen LogP contribution is -2.13. The number of nitrogens with zero attached hydrogens (tertiary/aromatic N) is 2. The van der Waals surface area contributed by atoms with Crippen molar-refractivity contribution < 1.29 is 17.2 Å². The SMILES string of the molecule is O=S(=O)(Nc1cc(F)cc(F)c1)c1cnc2[nH]ncc2c1. The first-order chi connectivity index (χ1) is 9.94. The monoisotopic (exact) mass is 310 g/mol. The highest BCUT2D eigenvalue weighted by molar-refractivity contribution is 7.92. The van der Waals surface area contributed by atoms with E-state index >= 15 is 0 Å². The number of sulfonamides is 1. The lowest BCUT2D eigenvalue weighted by molar-refractivity contribution is 0.584. The van der Waals surface area contributed by atoms with E-state index < -0.39 is 21.7 Å². The molecule has 0 saturated heterocycles. The number of fused-ring (bicyclic) bond motifs is 1. The zero-order valence-electron chi connectivity index (χ0n) is 10.3. The van der Waals surface area contributed by atoms with Gasteiger partial charge in [0.1, 0.15) is 16.5 Å². The van der Waals surface area contributed by atoms with Gasteiger partial charge in [-0.2, -0.15) is 5.10 Å². The zero-order chi connectivity index (χ0) is 15.0. The number of H-pyrrole nitrogens is 1. The van der Waals surface area contributed by atoms with Crippen molar-refractivity contribution in [2.45, 2.75) is 4.90 Å². The summed E-state index contributed by atoms with van der Waals surface area (Å²) < 4.78 is 52.6. The molecule has 3 aromatic rings. The van der Waals surface area contributed by atoms with E-state index in [0.717, 1.165) is 18.3 Å². The maximum atomic E-state index is 13.1. The van der Waals surface area contributed by atoms with Crippen molar-refractivity contribution in [3.8, 4) is 0 Å². The van der Waals surface area contributed by atoms with Gasteiger partial charge in [0.15, 0.2) is 5.65 Å². The molecule has 0 amide bonds. The smallest absolute Gasteiger partial charge is 0.263 e. The second-order valence-corrected chi connectivity index (χ2v) is 5.92. The number of benzene rings is 1. The summed E-state index contributed by atoms with van der Waals surface area (Å²) in [7, 11) is -4.00. The predicted molar refractivity (Wildman–Crippen MR) is 71.1 cm³/mol. The lowest BCUT2D eigenvalue weighted by atomic mass is 10.3. The van der Waals surface area contributed by atoms with Gasteiger partial charge in [-0.05, 0) is 18.2 Å². The van der Waals surface area contributed by atoms with Crippen LogP contribution in [0.3, 0.4) is 0 Å². The highest BCUT2D eigenvalue weighted by Crippen LogP contribution is 2.20. The van der Waals surface area contributed by atoms with Gasteiger partial charge in [0.05, 0.1) is 11.9 Å². The van der Waals surface area contributed by atoms with Crippen LogP contribution < -0.4 is 4.72 Å². The minimum atomic E-state index is -4.00. The zero-order valence-corrected chi connectivity index (χ0v) is 11.2. The molecule has 21 heavy (non-hydrogen) atoms. The first-order valence-electron chi connectivity index (χ1n) is 5.72. The molecule has 0 spiro atoms. The first kappa shape index (κ1) is 13.4. The summed E-state index contributed by atoms with van der Waals surface area (Å²) in [6.45, 7) is 0. The topological polar surface area (TPSA) is 87.7 Å². The molecular weight excluding hydrogens is 302 g/mol. The molecule has 0 unspecified atom stereocenters. The molecule has 0 aliphatic heterocycles. The molecule has 9 heteroatoms. The van der Waals surface area contributed by atoms with Gasteiger partial charge in [0.2, 0.25) is 0 Å². The maximum absolute atomic E-state index is 13.1. The van der Waals surface area contributed by atoms with Gasteiger partial charge in [-0.15, -0.1) is 0 Å². The molecule has 2 heterocycles. The Hall–Kier alpha value is -2.55. The molecule has 0 saturated carbocycles. The summed E-state index contributed by atoms with van der Waals surface area (Å²) >= 11 is 0. The summed E-state index contributed by atoms with van der Waals surface area (Å²) in [5, 5.41) is 6.82. The van der Waals surface area contributed by atoms with Crippen LogP contribution in [0.2, 0.25) is 0 Å². The number of nitrogens with one attached hydrogen (secondary N) is 2. The van der Waals surface area contributed by atoms with E-state index in [1.807, 2.05) is 0 Å². The number of halogens is 2. The van der Waals surface area contributed by atoms with E-state index in [2.05, 4.69) is 19.9 Å². The van der Waals surface area contributed by atoms with Crippen molar-refractivity contribution in [2.24, 2.45) is 0 Å². The first-order valence-corrected chi connectivity index (χ1v) is 7.20. The van der Waals surface area contributed by atoms with Crippen LogP contribution in [0.1, 0.15) is 0 Å². The number of anilines is 1. The van der Waals surface area contributed by atoms with E-state index in [4.69, 9.17) is 0 Å². The Morgan fingerprint density at radius 2 is 1.76 bits per heavy atom. The van der Waals surface area contributed by atoms with Crippen LogP contribution in [-0.2, 0) is 10.0 Å². The second kappa shape index (κ2) is 4.77. The summed E-state index contributed by atoms with van der Waals surface area (Å²) in [5.74, 6) is -1.76. The van der Waals surface area contributed by atoms with Gasteiger partial charge in [-0.1, -0.05) is 0 Å². The fourth-order valence-corrected chi connectivity index (χ4v) is 2.81. The summed E-state index contributed by atoms with van der Waals surface area (Å²) in [6.07, 6.45) is 2.54. The highest BCUT2D eigenvalue weighted by Gasteiger charge is 2.16. The Labute approximate surface area is 117 Å². The van der Waals surface area contributed by atoms with E-state index in [0.29, 0.717) is 17.1 Å². The molecular formula is C12H8F2N4O2S. The molecule has 0 fully saturated rings. The molecule has 3 rings (SSSR count). The quantitative estimate of drug-likeness (QED) is 0.775. The standard InChI is InChI=1S/C12H8F2N4O2S/c13-8-2-9(14)4-10(3-8)18-21(19,20)11-1-7-5-16-17-12(7)15-6-11/h1-6,18H,(H,15,16,17). The maximum Gasteiger partial charge on any atom is 0.263 e. The van der Waals surface area contributed by atoms with E-state index in [1.54, 1.807) is 0 Å². The van der Waals surface area contributed by atoms with Crippen molar-refractivity contribution in [1.29, 1.82) is 0 Å². The largest absolute Gasteiger partial charge is 0.279 e. The Morgan fingerprint density at radius 1 is 1.05 bits per heavy atom. The van der Waals surface area contributed by atoms with Gasteiger partial charge >= 0.3 is 0 Å². The van der Waals surface area contributed by atoms with Crippen molar-refractivity contribution >= 4 is 26.7 Å². The van der Waals surface area contributed by atoms with Crippen LogP contribution in [0.25, 0.3) is 11.0 Å². The number of hydrogen-bond donors (Lipinski definition) is 2. The Bertz CT molecular complexity index is 904. The second-order valence-electron chi connectivity index (χ2n) is 4.24. The third kappa shape index (κ3) is 2.68. The van der Waals surface area contributed by atoms with Crippen molar-refractivity contribution in [2.75, 3.05) is 4.72 Å². The van der Waals surface area contributed by atoms with Crippen LogP contribution >= 0.6 is 0 Å². The molecule has 2 aromatic heterocycles. The number of pyridine rings is 1. The Kier molecular flexibility index (Phi) is 3.05. The van der Waals surface area contributed by atoms with Crippen molar-refractivity contribution in [3.63, 3.8) is 0 Å². The Balaban J connectivity index is 1.99. The summed E-state index contributed by atoms with van der Waals surface area (Å²) in [4.78, 5) is 3.76. The van der Waals surface area contributed by atoms with Crippen LogP contribution in [0.15, 0.2) is 41.6 Å². The molecule has 0 radical (unpaired) electrons. The third-order valence-electron chi connectivity index (χ3n) is 2.69. The van der Waals surface area contributed by atoms with Gasteiger partial charge in [-0.25, -0.2) is 22.2 Å². The molecule has 0 aliphatic rings. The molecule has 0 aliphatic carbocycles. The Morgan fingerprint density at radius 3 is 2.48 bits per heavy atom. The molecule has 2 N–H and O–H groups in total. The molecule has 0 atom stereocenters. The average molecular weight is 310 g/mol. The van der Waals surface area contributed by atoms with Gasteiger partial charge in [-0.3, -0.25) is 9.82 Å². The third-order valence-corrected chi connectivity index (χ3v) is 4.04. The van der Waals surface area contributed by atoms with Crippen LogP contribution in [0.4, 0.5) is 14.5 Å².